The molecule has 0 unspecified atom stereocenters. The molecule has 0 atom stereocenters. The lowest BCUT2D eigenvalue weighted by Gasteiger charge is -2.36. The number of hydrogen-bond acceptors (Lipinski definition) is 3. The lowest BCUT2D eigenvalue weighted by molar-refractivity contribution is -0.132. The van der Waals surface area contributed by atoms with Crippen LogP contribution in [0.15, 0.2) is 12.1 Å². The summed E-state index contributed by atoms with van der Waals surface area (Å²) in [6, 6.07) is 2.11. The standard InChI is InChI=1S/C12H14F3N3O/c13-7-11(19)17-1-3-18(4-2-17)12-9(14)5-8(16)6-10(12)15/h5-6H,1-4,7,16H2. The van der Waals surface area contributed by atoms with E-state index in [-0.39, 0.29) is 37.6 Å². The van der Waals surface area contributed by atoms with Crippen LogP contribution in [0.25, 0.3) is 0 Å². The Labute approximate surface area is 108 Å². The van der Waals surface area contributed by atoms with Crippen molar-refractivity contribution in [2.24, 2.45) is 0 Å². The van der Waals surface area contributed by atoms with Crippen LogP contribution in [0.3, 0.4) is 0 Å². The molecule has 19 heavy (non-hydrogen) atoms. The molecular formula is C12H14F3N3O. The van der Waals surface area contributed by atoms with Crippen LogP contribution >= 0.6 is 0 Å². The van der Waals surface area contributed by atoms with Crippen molar-refractivity contribution in [2.75, 3.05) is 43.5 Å². The van der Waals surface area contributed by atoms with Crippen LogP contribution in [0.2, 0.25) is 0 Å². The molecule has 104 valence electrons. The van der Waals surface area contributed by atoms with E-state index in [2.05, 4.69) is 0 Å². The number of hydrogen-bond donors (Lipinski definition) is 1. The van der Waals surface area contributed by atoms with Crippen LogP contribution in [0.4, 0.5) is 24.5 Å². The monoisotopic (exact) mass is 273 g/mol. The molecule has 1 aromatic rings. The molecule has 0 spiro atoms. The normalized spacial score (nSPS) is 15.7. The number of amides is 1. The third kappa shape index (κ3) is 2.74. The Bertz CT molecular complexity index is 464. The maximum Gasteiger partial charge on any atom is 0.254 e. The van der Waals surface area contributed by atoms with E-state index in [4.69, 9.17) is 5.73 Å². The van der Waals surface area contributed by atoms with Gasteiger partial charge in [-0.1, -0.05) is 0 Å². The topological polar surface area (TPSA) is 49.6 Å². The fraction of sp³-hybridized carbons (Fsp3) is 0.417. The van der Waals surface area contributed by atoms with Crippen LogP contribution < -0.4 is 10.6 Å². The molecular weight excluding hydrogens is 259 g/mol. The number of halogens is 3. The summed E-state index contributed by atoms with van der Waals surface area (Å²) in [6.45, 7) is -0.0599. The smallest absolute Gasteiger partial charge is 0.254 e. The fourth-order valence-corrected chi connectivity index (χ4v) is 2.15. The number of anilines is 2. The molecule has 7 heteroatoms. The van der Waals surface area contributed by atoms with Crippen LogP contribution in [-0.4, -0.2) is 43.7 Å². The minimum Gasteiger partial charge on any atom is -0.399 e. The number of nitrogen functional groups attached to an aromatic ring is 1. The Morgan fingerprint density at radius 2 is 1.68 bits per heavy atom. The minimum absolute atomic E-state index is 0.0185. The molecule has 4 nitrogen and oxygen atoms in total. The lowest BCUT2D eigenvalue weighted by atomic mass is 10.2. The van der Waals surface area contributed by atoms with Crippen molar-refractivity contribution in [2.45, 2.75) is 0 Å². The molecule has 1 heterocycles. The van der Waals surface area contributed by atoms with Crippen molar-refractivity contribution in [3.8, 4) is 0 Å². The second-order valence-corrected chi connectivity index (χ2v) is 4.33. The van der Waals surface area contributed by atoms with Crippen LogP contribution in [-0.2, 0) is 4.79 Å². The maximum atomic E-state index is 13.7. The van der Waals surface area contributed by atoms with Crippen molar-refractivity contribution >= 4 is 17.3 Å². The van der Waals surface area contributed by atoms with Gasteiger partial charge in [0, 0.05) is 31.9 Å². The zero-order valence-corrected chi connectivity index (χ0v) is 10.2. The highest BCUT2D eigenvalue weighted by Crippen LogP contribution is 2.26. The van der Waals surface area contributed by atoms with Crippen LogP contribution in [0, 0.1) is 11.6 Å². The fourth-order valence-electron chi connectivity index (χ4n) is 2.15. The summed E-state index contributed by atoms with van der Waals surface area (Å²) in [5, 5.41) is 0. The Kier molecular flexibility index (Phi) is 3.82. The second kappa shape index (κ2) is 5.38. The Morgan fingerprint density at radius 1 is 1.16 bits per heavy atom. The first-order chi connectivity index (χ1) is 9.02. The molecule has 1 amide bonds. The first-order valence-electron chi connectivity index (χ1n) is 5.86. The molecule has 1 saturated heterocycles. The number of alkyl halides is 1. The van der Waals surface area contributed by atoms with Gasteiger partial charge in [-0.25, -0.2) is 13.2 Å². The van der Waals surface area contributed by atoms with E-state index in [1.54, 1.807) is 0 Å². The summed E-state index contributed by atoms with van der Waals surface area (Å²) in [5.41, 5.74) is 5.21. The Hall–Kier alpha value is -1.92. The van der Waals surface area contributed by atoms with Crippen molar-refractivity contribution in [3.63, 3.8) is 0 Å². The van der Waals surface area contributed by atoms with Gasteiger partial charge in [-0.2, -0.15) is 0 Å². The van der Waals surface area contributed by atoms with E-state index in [0.29, 0.717) is 0 Å². The van der Waals surface area contributed by atoms with Gasteiger partial charge in [0.05, 0.1) is 0 Å². The summed E-state index contributed by atoms with van der Waals surface area (Å²) in [6.07, 6.45) is 0. The van der Waals surface area contributed by atoms with E-state index in [1.165, 1.54) is 9.80 Å². The van der Waals surface area contributed by atoms with E-state index >= 15 is 0 Å². The highest BCUT2D eigenvalue weighted by Gasteiger charge is 2.24. The zero-order valence-electron chi connectivity index (χ0n) is 10.2. The first-order valence-corrected chi connectivity index (χ1v) is 5.86. The molecule has 0 aromatic heterocycles. The van der Waals surface area contributed by atoms with Crippen molar-refractivity contribution in [1.29, 1.82) is 0 Å². The summed E-state index contributed by atoms with van der Waals surface area (Å²) in [4.78, 5) is 14.0. The molecule has 0 aliphatic carbocycles. The van der Waals surface area contributed by atoms with Crippen molar-refractivity contribution in [1.82, 2.24) is 4.90 Å². The van der Waals surface area contributed by atoms with E-state index in [9.17, 15) is 18.0 Å². The quantitative estimate of drug-likeness (QED) is 0.823. The molecule has 0 bridgehead atoms. The van der Waals surface area contributed by atoms with Gasteiger partial charge in [0.25, 0.3) is 5.91 Å². The van der Waals surface area contributed by atoms with Crippen LogP contribution in [0.1, 0.15) is 0 Å². The summed E-state index contributed by atoms with van der Waals surface area (Å²) < 4.78 is 39.7. The molecule has 0 saturated carbocycles. The SMILES string of the molecule is Nc1cc(F)c(N2CCN(C(=O)CF)CC2)c(F)c1. The third-order valence-electron chi connectivity index (χ3n) is 3.10. The van der Waals surface area contributed by atoms with Gasteiger partial charge in [-0.3, -0.25) is 4.79 Å². The molecule has 2 N–H and O–H groups in total. The second-order valence-electron chi connectivity index (χ2n) is 4.33. The summed E-state index contributed by atoms with van der Waals surface area (Å²) in [5.74, 6) is -2.07. The van der Waals surface area contributed by atoms with E-state index in [0.717, 1.165) is 12.1 Å². The average molecular weight is 273 g/mol. The molecule has 1 aliphatic heterocycles. The van der Waals surface area contributed by atoms with Gasteiger partial charge in [0.2, 0.25) is 0 Å². The largest absolute Gasteiger partial charge is 0.399 e. The molecule has 1 aliphatic rings. The van der Waals surface area contributed by atoms with E-state index < -0.39 is 24.2 Å². The number of nitrogens with zero attached hydrogens (tertiary/aromatic N) is 2. The predicted octanol–water partition coefficient (Wildman–Crippen LogP) is 1.17. The Morgan fingerprint density at radius 3 is 2.16 bits per heavy atom. The lowest BCUT2D eigenvalue weighted by Crippen LogP contribution is -2.49. The average Bonchev–Trinajstić information content (AvgIpc) is 2.37. The van der Waals surface area contributed by atoms with Crippen molar-refractivity contribution in [3.05, 3.63) is 23.8 Å². The molecule has 2 rings (SSSR count). The third-order valence-corrected chi connectivity index (χ3v) is 3.10. The number of piperazine rings is 1. The van der Waals surface area contributed by atoms with Gasteiger partial charge >= 0.3 is 0 Å². The number of carbonyl (C=O) groups excluding carboxylic acids is 1. The zero-order chi connectivity index (χ0) is 14.0. The van der Waals surface area contributed by atoms with Gasteiger partial charge in [0.15, 0.2) is 18.3 Å². The molecule has 1 aromatic carbocycles. The number of nitrogens with two attached hydrogens (primary N) is 1. The Balaban J connectivity index is 2.12. The predicted molar refractivity (Wildman–Crippen MR) is 65.5 cm³/mol. The van der Waals surface area contributed by atoms with Gasteiger partial charge < -0.3 is 15.5 Å². The van der Waals surface area contributed by atoms with Gasteiger partial charge in [-0.15, -0.1) is 0 Å². The van der Waals surface area contributed by atoms with Crippen molar-refractivity contribution < 1.29 is 18.0 Å². The van der Waals surface area contributed by atoms with E-state index in [1.807, 2.05) is 0 Å². The summed E-state index contributed by atoms with van der Waals surface area (Å²) in [7, 11) is 0. The molecule has 1 fully saturated rings. The summed E-state index contributed by atoms with van der Waals surface area (Å²) >= 11 is 0. The van der Waals surface area contributed by atoms with Gasteiger partial charge in [-0.05, 0) is 12.1 Å². The first kappa shape index (κ1) is 13.5. The maximum absolute atomic E-state index is 13.7. The minimum atomic E-state index is -1.05. The number of benzene rings is 1. The number of carbonyl (C=O) groups is 1. The highest BCUT2D eigenvalue weighted by atomic mass is 19.1. The van der Waals surface area contributed by atoms with Crippen LogP contribution in [0.5, 0.6) is 0 Å². The van der Waals surface area contributed by atoms with Gasteiger partial charge in [0.1, 0.15) is 5.69 Å². The number of rotatable bonds is 2. The molecule has 0 radical (unpaired) electrons. The highest BCUT2D eigenvalue weighted by molar-refractivity contribution is 5.77.